The van der Waals surface area contributed by atoms with E-state index in [9.17, 15) is 9.59 Å². The Labute approximate surface area is 192 Å². The molecule has 0 aliphatic heterocycles. The molecule has 0 saturated heterocycles. The number of carbonyl (C=O) groups excluding carboxylic acids is 2. The first-order valence-corrected chi connectivity index (χ1v) is 11.3. The number of unbranched alkanes of at least 4 members (excludes halogenated alkanes) is 4. The standard InChI is InChI=1S/C25H38O7/c1-21(2)25(27)30-18-10-5-4-9-15-24(26)32-23(19-29-17-12-11-16-28-3)20-31-22-13-7-6-8-14-22/h6-8,13-14,23H,1,4-5,9-12,15-20H2,2-3H3. The van der Waals surface area contributed by atoms with Crippen molar-refractivity contribution in [1.82, 2.24) is 0 Å². The minimum absolute atomic E-state index is 0.238. The molecule has 1 atom stereocenters. The highest BCUT2D eigenvalue weighted by Gasteiger charge is 2.16. The molecule has 1 unspecified atom stereocenters. The Morgan fingerprint density at radius 2 is 1.59 bits per heavy atom. The molecule has 0 aliphatic carbocycles. The molecule has 7 nitrogen and oxygen atoms in total. The Kier molecular flexibility index (Phi) is 15.7. The zero-order valence-corrected chi connectivity index (χ0v) is 19.5. The average molecular weight is 451 g/mol. The lowest BCUT2D eigenvalue weighted by Gasteiger charge is -2.19. The summed E-state index contributed by atoms with van der Waals surface area (Å²) < 4.78 is 27.1. The zero-order chi connectivity index (χ0) is 23.4. The van der Waals surface area contributed by atoms with E-state index in [1.54, 1.807) is 14.0 Å². The van der Waals surface area contributed by atoms with E-state index in [0.29, 0.717) is 38.4 Å². The maximum atomic E-state index is 12.3. The number of methoxy groups -OCH3 is 1. The summed E-state index contributed by atoms with van der Waals surface area (Å²) in [5.74, 6) is 0.0996. The second kappa shape index (κ2) is 18.2. The minimum Gasteiger partial charge on any atom is -0.490 e. The maximum Gasteiger partial charge on any atom is 0.333 e. The highest BCUT2D eigenvalue weighted by molar-refractivity contribution is 5.86. The summed E-state index contributed by atoms with van der Waals surface area (Å²) in [6, 6.07) is 9.42. The molecule has 0 fully saturated rings. The summed E-state index contributed by atoms with van der Waals surface area (Å²) >= 11 is 0. The van der Waals surface area contributed by atoms with Gasteiger partial charge in [-0.15, -0.1) is 0 Å². The molecule has 0 amide bonds. The minimum atomic E-state index is -0.466. The third kappa shape index (κ3) is 14.6. The zero-order valence-electron chi connectivity index (χ0n) is 19.5. The second-order valence-electron chi connectivity index (χ2n) is 7.59. The van der Waals surface area contributed by atoms with Gasteiger partial charge in [0.1, 0.15) is 12.4 Å². The largest absolute Gasteiger partial charge is 0.490 e. The molecular formula is C25H38O7. The number of rotatable bonds is 19. The van der Waals surface area contributed by atoms with Crippen LogP contribution in [0.2, 0.25) is 0 Å². The van der Waals surface area contributed by atoms with Gasteiger partial charge in [0, 0.05) is 32.3 Å². The van der Waals surface area contributed by atoms with E-state index in [1.807, 2.05) is 30.3 Å². The van der Waals surface area contributed by atoms with E-state index in [1.165, 1.54) is 0 Å². The molecule has 1 aromatic carbocycles. The number of hydrogen-bond donors (Lipinski definition) is 0. The molecule has 0 radical (unpaired) electrons. The van der Waals surface area contributed by atoms with Crippen LogP contribution in [0, 0.1) is 0 Å². The lowest BCUT2D eigenvalue weighted by atomic mass is 10.1. The maximum absolute atomic E-state index is 12.3. The number of ether oxygens (including phenoxy) is 5. The summed E-state index contributed by atoms with van der Waals surface area (Å²) in [7, 11) is 1.68. The summed E-state index contributed by atoms with van der Waals surface area (Å²) in [5, 5.41) is 0. The first-order valence-electron chi connectivity index (χ1n) is 11.3. The SMILES string of the molecule is C=C(C)C(=O)OCCCCCCC(=O)OC(COCCCCOC)COc1ccccc1. The van der Waals surface area contributed by atoms with Crippen LogP contribution in [0.3, 0.4) is 0 Å². The van der Waals surface area contributed by atoms with Crippen LogP contribution in [-0.2, 0) is 28.5 Å². The van der Waals surface area contributed by atoms with Gasteiger partial charge in [-0.1, -0.05) is 37.6 Å². The molecule has 0 bridgehead atoms. The van der Waals surface area contributed by atoms with Crippen LogP contribution in [0.25, 0.3) is 0 Å². The van der Waals surface area contributed by atoms with E-state index >= 15 is 0 Å². The smallest absolute Gasteiger partial charge is 0.333 e. The van der Waals surface area contributed by atoms with Gasteiger partial charge in [0.05, 0.1) is 13.2 Å². The van der Waals surface area contributed by atoms with E-state index in [-0.39, 0.29) is 18.5 Å². The summed E-state index contributed by atoms with van der Waals surface area (Å²) in [6.07, 6.45) is 4.90. The normalized spacial score (nSPS) is 11.6. The van der Waals surface area contributed by atoms with Crippen molar-refractivity contribution in [3.63, 3.8) is 0 Å². The highest BCUT2D eigenvalue weighted by Crippen LogP contribution is 2.11. The van der Waals surface area contributed by atoms with E-state index in [4.69, 9.17) is 23.7 Å². The molecule has 1 aromatic rings. The van der Waals surface area contributed by atoms with Crippen LogP contribution in [0.5, 0.6) is 5.75 Å². The molecule has 180 valence electrons. The van der Waals surface area contributed by atoms with Crippen LogP contribution in [0.4, 0.5) is 0 Å². The van der Waals surface area contributed by atoms with Crippen molar-refractivity contribution in [2.45, 2.75) is 58.0 Å². The topological polar surface area (TPSA) is 80.3 Å². The van der Waals surface area contributed by atoms with Gasteiger partial charge >= 0.3 is 11.9 Å². The van der Waals surface area contributed by atoms with Crippen molar-refractivity contribution in [2.75, 3.05) is 40.1 Å². The van der Waals surface area contributed by atoms with Gasteiger partial charge in [0.25, 0.3) is 0 Å². The number of para-hydroxylation sites is 1. The van der Waals surface area contributed by atoms with Gasteiger partial charge in [-0.25, -0.2) is 4.79 Å². The van der Waals surface area contributed by atoms with Gasteiger partial charge < -0.3 is 23.7 Å². The highest BCUT2D eigenvalue weighted by atomic mass is 16.6. The van der Waals surface area contributed by atoms with Crippen LogP contribution >= 0.6 is 0 Å². The molecule has 0 heterocycles. The summed E-state index contributed by atoms with van der Waals surface area (Å²) in [5.41, 5.74) is 0.400. The fourth-order valence-corrected chi connectivity index (χ4v) is 2.75. The molecular weight excluding hydrogens is 412 g/mol. The summed E-state index contributed by atoms with van der Waals surface area (Å²) in [6.45, 7) is 7.35. The monoisotopic (exact) mass is 450 g/mol. The quantitative estimate of drug-likeness (QED) is 0.174. The molecule has 1 rings (SSSR count). The molecule has 7 heteroatoms. The van der Waals surface area contributed by atoms with Crippen molar-refractivity contribution < 1.29 is 33.3 Å². The molecule has 0 aromatic heterocycles. The Balaban J connectivity index is 2.27. The Morgan fingerprint density at radius 3 is 2.31 bits per heavy atom. The van der Waals surface area contributed by atoms with E-state index in [0.717, 1.165) is 44.3 Å². The Hall–Kier alpha value is -2.38. The molecule has 0 N–H and O–H groups in total. The van der Waals surface area contributed by atoms with E-state index < -0.39 is 6.10 Å². The molecule has 32 heavy (non-hydrogen) atoms. The Bertz CT molecular complexity index is 645. The third-order valence-corrected chi connectivity index (χ3v) is 4.52. The predicted molar refractivity (Wildman–Crippen MR) is 123 cm³/mol. The van der Waals surface area contributed by atoms with Gasteiger partial charge in [-0.3, -0.25) is 4.79 Å². The van der Waals surface area contributed by atoms with Gasteiger partial charge in [-0.2, -0.15) is 0 Å². The van der Waals surface area contributed by atoms with Gasteiger partial charge in [-0.05, 0) is 44.7 Å². The Morgan fingerprint density at radius 1 is 0.906 bits per heavy atom. The lowest BCUT2D eigenvalue weighted by molar-refractivity contribution is -0.154. The van der Waals surface area contributed by atoms with Crippen LogP contribution < -0.4 is 4.74 Å². The van der Waals surface area contributed by atoms with Crippen molar-refractivity contribution in [2.24, 2.45) is 0 Å². The molecule has 0 saturated carbocycles. The van der Waals surface area contributed by atoms with Crippen molar-refractivity contribution in [3.05, 3.63) is 42.5 Å². The average Bonchev–Trinajstić information content (AvgIpc) is 2.79. The van der Waals surface area contributed by atoms with Gasteiger partial charge in [0.2, 0.25) is 0 Å². The number of hydrogen-bond acceptors (Lipinski definition) is 7. The van der Waals surface area contributed by atoms with Crippen LogP contribution in [0.1, 0.15) is 51.9 Å². The third-order valence-electron chi connectivity index (χ3n) is 4.52. The predicted octanol–water partition coefficient (Wildman–Crippen LogP) is 4.49. The van der Waals surface area contributed by atoms with Crippen LogP contribution in [-0.4, -0.2) is 58.2 Å². The molecule has 0 spiro atoms. The first-order chi connectivity index (χ1) is 15.5. The number of benzene rings is 1. The van der Waals surface area contributed by atoms with Crippen molar-refractivity contribution in [3.8, 4) is 5.75 Å². The number of carbonyl (C=O) groups is 2. The van der Waals surface area contributed by atoms with Crippen molar-refractivity contribution >= 4 is 11.9 Å². The fraction of sp³-hybridized carbons (Fsp3) is 0.600. The van der Waals surface area contributed by atoms with E-state index in [2.05, 4.69) is 6.58 Å². The summed E-state index contributed by atoms with van der Waals surface area (Å²) in [4.78, 5) is 23.6. The first kappa shape index (κ1) is 27.7. The number of esters is 2. The molecule has 0 aliphatic rings. The second-order valence-corrected chi connectivity index (χ2v) is 7.59. The fourth-order valence-electron chi connectivity index (χ4n) is 2.75. The van der Waals surface area contributed by atoms with Crippen LogP contribution in [0.15, 0.2) is 42.5 Å². The van der Waals surface area contributed by atoms with Crippen molar-refractivity contribution in [1.29, 1.82) is 0 Å². The van der Waals surface area contributed by atoms with Gasteiger partial charge in [0.15, 0.2) is 6.10 Å². The lowest BCUT2D eigenvalue weighted by Crippen LogP contribution is -2.30.